The zero-order chi connectivity index (χ0) is 18.6. The van der Waals surface area contributed by atoms with Crippen molar-refractivity contribution in [2.75, 3.05) is 11.1 Å². The van der Waals surface area contributed by atoms with Gasteiger partial charge < -0.3 is 11.1 Å². The monoisotopic (exact) mass is 369 g/mol. The molecule has 0 bridgehead atoms. The van der Waals surface area contributed by atoms with Crippen molar-refractivity contribution in [1.82, 2.24) is 4.98 Å². The van der Waals surface area contributed by atoms with Crippen LogP contribution >= 0.6 is 11.8 Å². The number of hydrogen-bond acceptors (Lipinski definition) is 7. The summed E-state index contributed by atoms with van der Waals surface area (Å²) in [5.41, 5.74) is 8.10. The molecule has 7 nitrogen and oxygen atoms in total. The summed E-state index contributed by atoms with van der Waals surface area (Å²) in [5.74, 6) is 0.592. The standard InChI is InChI=1S/C18H19N5O2S/c1-18(7-8-26-17(19)23-18)13-3-2-4-14(9-13)22-16(24)15-6-5-12(10-20-15)11-21-25/h2-6,9-10H,7-8,11H2,1H3,(H2,19,23)(H,22,24). The summed E-state index contributed by atoms with van der Waals surface area (Å²) >= 11 is 1.56. The van der Waals surface area contributed by atoms with E-state index in [0.717, 1.165) is 17.7 Å². The average Bonchev–Trinajstić information content (AvgIpc) is 2.63. The second kappa shape index (κ2) is 7.65. The number of pyridine rings is 1. The molecule has 0 radical (unpaired) electrons. The molecule has 26 heavy (non-hydrogen) atoms. The van der Waals surface area contributed by atoms with Crippen LogP contribution in [0.4, 0.5) is 5.69 Å². The molecule has 0 saturated heterocycles. The number of nitroso groups, excluding NO2 is 1. The summed E-state index contributed by atoms with van der Waals surface area (Å²) in [5, 5.41) is 6.23. The highest BCUT2D eigenvalue weighted by molar-refractivity contribution is 8.13. The van der Waals surface area contributed by atoms with E-state index in [2.05, 4.69) is 20.5 Å². The molecule has 0 saturated carbocycles. The van der Waals surface area contributed by atoms with Crippen LogP contribution in [0.15, 0.2) is 52.8 Å². The summed E-state index contributed by atoms with van der Waals surface area (Å²) in [4.78, 5) is 31.3. The fourth-order valence-corrected chi connectivity index (χ4v) is 3.72. The fourth-order valence-electron chi connectivity index (χ4n) is 2.75. The highest BCUT2D eigenvalue weighted by Crippen LogP contribution is 2.35. The van der Waals surface area contributed by atoms with Crippen LogP contribution in [0.1, 0.15) is 35.0 Å². The number of aliphatic imine (C=N–C) groups is 1. The molecule has 3 rings (SSSR count). The lowest BCUT2D eigenvalue weighted by Gasteiger charge is -2.30. The second-order valence-electron chi connectivity index (χ2n) is 6.20. The van der Waals surface area contributed by atoms with Crippen molar-refractivity contribution in [3.8, 4) is 0 Å². The lowest BCUT2D eigenvalue weighted by molar-refractivity contribution is 0.102. The van der Waals surface area contributed by atoms with E-state index in [0.29, 0.717) is 16.4 Å². The van der Waals surface area contributed by atoms with Crippen molar-refractivity contribution < 1.29 is 4.79 Å². The van der Waals surface area contributed by atoms with Gasteiger partial charge in [-0.25, -0.2) is 0 Å². The molecule has 134 valence electrons. The van der Waals surface area contributed by atoms with Crippen LogP contribution in [0, 0.1) is 4.91 Å². The number of thioether (sulfide) groups is 1. The van der Waals surface area contributed by atoms with E-state index < -0.39 is 5.54 Å². The van der Waals surface area contributed by atoms with Crippen LogP contribution in [0.5, 0.6) is 0 Å². The van der Waals surface area contributed by atoms with Crippen molar-refractivity contribution in [2.45, 2.75) is 25.4 Å². The number of carbonyl (C=O) groups is 1. The molecule has 0 fully saturated rings. The number of amides is 1. The van der Waals surface area contributed by atoms with Gasteiger partial charge in [0.1, 0.15) is 12.2 Å². The number of hydrogen-bond donors (Lipinski definition) is 2. The maximum Gasteiger partial charge on any atom is 0.274 e. The van der Waals surface area contributed by atoms with Crippen LogP contribution in [0.3, 0.4) is 0 Å². The van der Waals surface area contributed by atoms with Gasteiger partial charge in [0, 0.05) is 17.6 Å². The van der Waals surface area contributed by atoms with Gasteiger partial charge in [0.25, 0.3) is 5.91 Å². The lowest BCUT2D eigenvalue weighted by atomic mass is 9.89. The first-order valence-electron chi connectivity index (χ1n) is 8.14. The van der Waals surface area contributed by atoms with Crippen molar-refractivity contribution >= 4 is 28.5 Å². The van der Waals surface area contributed by atoms with E-state index in [-0.39, 0.29) is 18.1 Å². The summed E-state index contributed by atoms with van der Waals surface area (Å²) in [6, 6.07) is 10.8. The zero-order valence-electron chi connectivity index (χ0n) is 14.3. The third-order valence-electron chi connectivity index (χ3n) is 4.24. The van der Waals surface area contributed by atoms with E-state index in [1.165, 1.54) is 6.20 Å². The van der Waals surface area contributed by atoms with Gasteiger partial charge in [-0.05, 0) is 42.7 Å². The first-order valence-corrected chi connectivity index (χ1v) is 9.13. The number of carbonyl (C=O) groups excluding carboxylic acids is 1. The Bertz CT molecular complexity index is 853. The highest BCUT2D eigenvalue weighted by atomic mass is 32.2. The van der Waals surface area contributed by atoms with Crippen molar-refractivity contribution in [3.63, 3.8) is 0 Å². The molecule has 3 N–H and O–H groups in total. The molecule has 0 aliphatic carbocycles. The molecule has 1 aromatic carbocycles. The van der Waals surface area contributed by atoms with Gasteiger partial charge in [-0.2, -0.15) is 4.91 Å². The topological polar surface area (TPSA) is 110 Å². The number of amidine groups is 1. The quantitative estimate of drug-likeness (QED) is 0.786. The number of benzene rings is 1. The van der Waals surface area contributed by atoms with E-state index in [9.17, 15) is 9.70 Å². The molecule has 1 amide bonds. The summed E-state index contributed by atoms with van der Waals surface area (Å²) in [7, 11) is 0. The summed E-state index contributed by atoms with van der Waals surface area (Å²) in [6.07, 6.45) is 2.36. The second-order valence-corrected chi connectivity index (χ2v) is 7.31. The van der Waals surface area contributed by atoms with Gasteiger partial charge in [-0.1, -0.05) is 35.1 Å². The SMILES string of the molecule is CC1(c2cccc(NC(=O)c3ccc(CN=O)cn3)c2)CCSC(N)=N1. The van der Waals surface area contributed by atoms with Gasteiger partial charge in [0.15, 0.2) is 5.17 Å². The van der Waals surface area contributed by atoms with Gasteiger partial charge in [0.05, 0.1) is 5.54 Å². The first-order chi connectivity index (χ1) is 12.5. The molecule has 8 heteroatoms. The largest absolute Gasteiger partial charge is 0.379 e. The maximum atomic E-state index is 12.4. The fraction of sp³-hybridized carbons (Fsp3) is 0.278. The minimum absolute atomic E-state index is 0.0391. The van der Waals surface area contributed by atoms with Crippen molar-refractivity contribution in [1.29, 1.82) is 0 Å². The van der Waals surface area contributed by atoms with E-state index >= 15 is 0 Å². The molecule has 2 aromatic rings. The number of anilines is 1. The average molecular weight is 369 g/mol. The Hall–Kier alpha value is -2.74. The Morgan fingerprint density at radius 3 is 2.92 bits per heavy atom. The van der Waals surface area contributed by atoms with Crippen molar-refractivity contribution in [2.24, 2.45) is 15.9 Å². The summed E-state index contributed by atoms with van der Waals surface area (Å²) in [6.45, 7) is 2.08. The number of nitrogens with two attached hydrogens (primary N) is 1. The first kappa shape index (κ1) is 18.1. The van der Waals surface area contributed by atoms with Gasteiger partial charge >= 0.3 is 0 Å². The Labute approximate surface area is 155 Å². The molecule has 2 heterocycles. The Kier molecular flexibility index (Phi) is 5.32. The molecule has 1 aliphatic rings. The predicted octanol–water partition coefficient (Wildman–Crippen LogP) is 3.27. The molecule has 0 spiro atoms. The molecule has 1 aliphatic heterocycles. The normalized spacial score (nSPS) is 19.5. The van der Waals surface area contributed by atoms with Crippen molar-refractivity contribution in [3.05, 3.63) is 64.3 Å². The summed E-state index contributed by atoms with van der Waals surface area (Å²) < 4.78 is 0. The van der Waals surface area contributed by atoms with Gasteiger partial charge in [-0.15, -0.1) is 0 Å². The molecular formula is C18H19N5O2S. The van der Waals surface area contributed by atoms with Gasteiger partial charge in [-0.3, -0.25) is 14.8 Å². The number of nitrogens with zero attached hydrogens (tertiary/aromatic N) is 3. The molecular weight excluding hydrogens is 350 g/mol. The third-order valence-corrected chi connectivity index (χ3v) is 5.04. The van der Waals surface area contributed by atoms with Gasteiger partial charge in [0.2, 0.25) is 0 Å². The maximum absolute atomic E-state index is 12.4. The molecule has 1 unspecified atom stereocenters. The Morgan fingerprint density at radius 2 is 2.23 bits per heavy atom. The van der Waals surface area contributed by atoms with E-state index in [1.54, 1.807) is 23.9 Å². The Balaban J connectivity index is 1.77. The minimum Gasteiger partial charge on any atom is -0.379 e. The third kappa shape index (κ3) is 4.08. The van der Waals surface area contributed by atoms with E-state index in [1.807, 2.05) is 31.2 Å². The minimum atomic E-state index is -0.391. The number of rotatable bonds is 5. The van der Waals surface area contributed by atoms with Crippen LogP contribution in [0.25, 0.3) is 0 Å². The molecule has 1 atom stereocenters. The molecule has 1 aromatic heterocycles. The Morgan fingerprint density at radius 1 is 1.38 bits per heavy atom. The zero-order valence-corrected chi connectivity index (χ0v) is 15.1. The number of aromatic nitrogens is 1. The van der Waals surface area contributed by atoms with Crippen LogP contribution in [0.2, 0.25) is 0 Å². The lowest BCUT2D eigenvalue weighted by Crippen LogP contribution is -2.28. The van der Waals surface area contributed by atoms with Crippen LogP contribution in [-0.4, -0.2) is 21.8 Å². The smallest absolute Gasteiger partial charge is 0.274 e. The highest BCUT2D eigenvalue weighted by Gasteiger charge is 2.29. The van der Waals surface area contributed by atoms with E-state index in [4.69, 9.17) is 5.73 Å². The number of nitrogens with one attached hydrogen (secondary N) is 1. The van der Waals surface area contributed by atoms with Crippen LogP contribution < -0.4 is 11.1 Å². The predicted molar refractivity (Wildman–Crippen MR) is 104 cm³/mol. The van der Waals surface area contributed by atoms with Crippen LogP contribution in [-0.2, 0) is 12.1 Å².